The molecule has 160 valence electrons. The monoisotopic (exact) mass is 410 g/mol. The number of benzene rings is 1. The van der Waals surface area contributed by atoms with Crippen LogP contribution in [0.25, 0.3) is 6.08 Å². The highest BCUT2D eigenvalue weighted by Crippen LogP contribution is 2.29. The van der Waals surface area contributed by atoms with Gasteiger partial charge in [0.15, 0.2) is 11.5 Å². The normalized spacial score (nSPS) is 14.7. The Bertz CT molecular complexity index is 834. The lowest BCUT2D eigenvalue weighted by atomic mass is 10.1. The predicted molar refractivity (Wildman–Crippen MR) is 118 cm³/mol. The van der Waals surface area contributed by atoms with Crippen LogP contribution in [0.15, 0.2) is 42.7 Å². The van der Waals surface area contributed by atoms with E-state index in [1.54, 1.807) is 24.5 Å². The highest BCUT2D eigenvalue weighted by Gasteiger charge is 2.21. The van der Waals surface area contributed by atoms with Crippen molar-refractivity contribution in [3.05, 3.63) is 48.3 Å². The fourth-order valence-electron chi connectivity index (χ4n) is 3.33. The molecule has 0 spiro atoms. The van der Waals surface area contributed by atoms with E-state index in [1.807, 2.05) is 31.2 Å². The maximum atomic E-state index is 12.4. The molecule has 0 atom stereocenters. The van der Waals surface area contributed by atoms with Crippen LogP contribution in [0.1, 0.15) is 38.7 Å². The minimum atomic E-state index is -0.0892. The second-order valence-corrected chi connectivity index (χ2v) is 7.14. The number of rotatable bonds is 9. The van der Waals surface area contributed by atoms with Crippen LogP contribution in [0.2, 0.25) is 0 Å². The maximum Gasteiger partial charge on any atom is 0.244 e. The average Bonchev–Trinajstić information content (AvgIpc) is 2.78. The quantitative estimate of drug-likeness (QED) is 0.638. The molecule has 7 heteroatoms. The van der Waals surface area contributed by atoms with Gasteiger partial charge < -0.3 is 19.7 Å². The number of ether oxygens (including phenoxy) is 2. The minimum Gasteiger partial charge on any atom is -0.490 e. The number of nitrogens with one attached hydrogen (secondary N) is 1. The summed E-state index contributed by atoms with van der Waals surface area (Å²) in [6, 6.07) is 7.68. The largest absolute Gasteiger partial charge is 0.490 e. The van der Waals surface area contributed by atoms with Gasteiger partial charge in [-0.1, -0.05) is 13.0 Å². The van der Waals surface area contributed by atoms with Crippen molar-refractivity contribution in [1.82, 2.24) is 15.3 Å². The van der Waals surface area contributed by atoms with E-state index >= 15 is 0 Å². The SMILES string of the molecule is CCCOc1ccc(/C=C/C(=O)NC2CCN(c3ncccn3)CC2)cc1OCC. The molecule has 30 heavy (non-hydrogen) atoms. The Morgan fingerprint density at radius 2 is 1.93 bits per heavy atom. The van der Waals surface area contributed by atoms with E-state index in [9.17, 15) is 4.79 Å². The second-order valence-electron chi connectivity index (χ2n) is 7.14. The van der Waals surface area contributed by atoms with Gasteiger partial charge in [0, 0.05) is 37.6 Å². The third-order valence-corrected chi connectivity index (χ3v) is 4.83. The number of carbonyl (C=O) groups excluding carboxylic acids is 1. The lowest BCUT2D eigenvalue weighted by Crippen LogP contribution is -2.44. The molecule has 1 N–H and O–H groups in total. The van der Waals surface area contributed by atoms with Gasteiger partial charge in [-0.25, -0.2) is 9.97 Å². The summed E-state index contributed by atoms with van der Waals surface area (Å²) in [7, 11) is 0. The van der Waals surface area contributed by atoms with Crippen molar-refractivity contribution in [2.24, 2.45) is 0 Å². The first-order valence-corrected chi connectivity index (χ1v) is 10.6. The maximum absolute atomic E-state index is 12.4. The lowest BCUT2D eigenvalue weighted by Gasteiger charge is -2.32. The van der Waals surface area contributed by atoms with Crippen LogP contribution < -0.4 is 19.7 Å². The van der Waals surface area contributed by atoms with Gasteiger partial charge in [0.1, 0.15) is 0 Å². The van der Waals surface area contributed by atoms with Crippen molar-refractivity contribution in [3.63, 3.8) is 0 Å². The molecule has 3 rings (SSSR count). The first-order valence-electron chi connectivity index (χ1n) is 10.6. The van der Waals surface area contributed by atoms with Gasteiger partial charge in [0.05, 0.1) is 13.2 Å². The van der Waals surface area contributed by atoms with Crippen molar-refractivity contribution in [3.8, 4) is 11.5 Å². The second kappa shape index (κ2) is 11.2. The van der Waals surface area contributed by atoms with Crippen LogP contribution in [0.3, 0.4) is 0 Å². The topological polar surface area (TPSA) is 76.6 Å². The van der Waals surface area contributed by atoms with Crippen LogP contribution in [0.5, 0.6) is 11.5 Å². The number of hydrogen-bond acceptors (Lipinski definition) is 6. The zero-order valence-electron chi connectivity index (χ0n) is 17.7. The Kier molecular flexibility index (Phi) is 8.06. The molecule has 1 aliphatic heterocycles. The molecule has 1 saturated heterocycles. The summed E-state index contributed by atoms with van der Waals surface area (Å²) in [4.78, 5) is 23.1. The molecule has 1 aliphatic rings. The first kappa shape index (κ1) is 21.6. The van der Waals surface area contributed by atoms with Crippen molar-refractivity contribution in [1.29, 1.82) is 0 Å². The molecule has 0 radical (unpaired) electrons. The van der Waals surface area contributed by atoms with Gasteiger partial charge in [-0.3, -0.25) is 4.79 Å². The number of nitrogens with zero attached hydrogens (tertiary/aromatic N) is 3. The average molecular weight is 411 g/mol. The highest BCUT2D eigenvalue weighted by molar-refractivity contribution is 5.92. The molecule has 0 unspecified atom stereocenters. The van der Waals surface area contributed by atoms with E-state index in [0.29, 0.717) is 19.0 Å². The Labute approximate surface area is 178 Å². The Balaban J connectivity index is 1.51. The molecule has 0 saturated carbocycles. The Morgan fingerprint density at radius 1 is 1.17 bits per heavy atom. The summed E-state index contributed by atoms with van der Waals surface area (Å²) in [6.07, 6.45) is 9.55. The molecule has 0 aliphatic carbocycles. The summed E-state index contributed by atoms with van der Waals surface area (Å²) in [6.45, 7) is 6.87. The van der Waals surface area contributed by atoms with E-state index in [2.05, 4.69) is 27.1 Å². The molecule has 2 aromatic rings. The summed E-state index contributed by atoms with van der Waals surface area (Å²) < 4.78 is 11.4. The number of anilines is 1. The zero-order chi connectivity index (χ0) is 21.2. The zero-order valence-corrected chi connectivity index (χ0v) is 17.7. The molecule has 2 heterocycles. The van der Waals surface area contributed by atoms with Crippen molar-refractivity contribution in [2.75, 3.05) is 31.2 Å². The number of amides is 1. The lowest BCUT2D eigenvalue weighted by molar-refractivity contribution is -0.117. The molecule has 1 fully saturated rings. The third-order valence-electron chi connectivity index (χ3n) is 4.83. The van der Waals surface area contributed by atoms with E-state index < -0.39 is 0 Å². The summed E-state index contributed by atoms with van der Waals surface area (Å²) in [5.74, 6) is 2.09. The minimum absolute atomic E-state index is 0.0892. The van der Waals surface area contributed by atoms with Gasteiger partial charge >= 0.3 is 0 Å². The fourth-order valence-corrected chi connectivity index (χ4v) is 3.33. The van der Waals surface area contributed by atoms with Crippen molar-refractivity contribution in [2.45, 2.75) is 39.2 Å². The van der Waals surface area contributed by atoms with E-state index in [0.717, 1.165) is 49.6 Å². The molecule has 1 aromatic carbocycles. The molecular weight excluding hydrogens is 380 g/mol. The van der Waals surface area contributed by atoms with Gasteiger partial charge in [0.2, 0.25) is 11.9 Å². The molecular formula is C23H30N4O3. The number of aromatic nitrogens is 2. The van der Waals surface area contributed by atoms with Crippen molar-refractivity contribution < 1.29 is 14.3 Å². The molecule has 1 amide bonds. The summed E-state index contributed by atoms with van der Waals surface area (Å²) in [5.41, 5.74) is 0.897. The van der Waals surface area contributed by atoms with Crippen LogP contribution >= 0.6 is 0 Å². The highest BCUT2D eigenvalue weighted by atomic mass is 16.5. The Hall–Kier alpha value is -3.09. The van der Waals surface area contributed by atoms with Gasteiger partial charge in [-0.2, -0.15) is 0 Å². The van der Waals surface area contributed by atoms with Gasteiger partial charge in [0.25, 0.3) is 0 Å². The molecule has 7 nitrogen and oxygen atoms in total. The van der Waals surface area contributed by atoms with Crippen LogP contribution in [0, 0.1) is 0 Å². The summed E-state index contributed by atoms with van der Waals surface area (Å²) >= 11 is 0. The standard InChI is InChI=1S/C23H30N4O3/c1-3-16-30-20-8-6-18(17-21(20)29-4-2)7-9-22(28)26-19-10-14-27(15-11-19)23-24-12-5-13-25-23/h5-9,12-13,17,19H,3-4,10-11,14-16H2,1-2H3,(H,26,28)/b9-7+. The van der Waals surface area contributed by atoms with Crippen LogP contribution in [0.4, 0.5) is 5.95 Å². The molecule has 0 bridgehead atoms. The van der Waals surface area contributed by atoms with Crippen LogP contribution in [-0.2, 0) is 4.79 Å². The number of carbonyl (C=O) groups is 1. The fraction of sp³-hybridized carbons (Fsp3) is 0.435. The van der Waals surface area contributed by atoms with E-state index in [1.165, 1.54) is 0 Å². The third kappa shape index (κ3) is 6.20. The summed E-state index contributed by atoms with van der Waals surface area (Å²) in [5, 5.41) is 3.09. The first-order chi connectivity index (χ1) is 14.7. The van der Waals surface area contributed by atoms with Gasteiger partial charge in [-0.15, -0.1) is 0 Å². The van der Waals surface area contributed by atoms with Gasteiger partial charge in [-0.05, 0) is 56.0 Å². The smallest absolute Gasteiger partial charge is 0.244 e. The Morgan fingerprint density at radius 3 is 2.63 bits per heavy atom. The molecule has 1 aromatic heterocycles. The number of hydrogen-bond donors (Lipinski definition) is 1. The van der Waals surface area contributed by atoms with E-state index in [4.69, 9.17) is 9.47 Å². The number of piperidine rings is 1. The predicted octanol–water partition coefficient (Wildman–Crippen LogP) is 3.46. The van der Waals surface area contributed by atoms with Crippen LogP contribution in [-0.4, -0.2) is 48.2 Å². The van der Waals surface area contributed by atoms with E-state index in [-0.39, 0.29) is 11.9 Å². The van der Waals surface area contributed by atoms with Crippen molar-refractivity contribution >= 4 is 17.9 Å².